The molecule has 1 saturated heterocycles. The van der Waals surface area contributed by atoms with Gasteiger partial charge in [0.15, 0.2) is 0 Å². The molecule has 0 aromatic rings. The second kappa shape index (κ2) is 3.50. The lowest BCUT2D eigenvalue weighted by molar-refractivity contribution is 0.696. The molecule has 54 valence electrons. The van der Waals surface area contributed by atoms with E-state index in [9.17, 15) is 0 Å². The minimum absolute atomic E-state index is 0.995. The second-order valence-corrected chi connectivity index (χ2v) is 4.38. The third kappa shape index (κ3) is 1.89. The lowest BCUT2D eigenvalue weighted by Gasteiger charge is -2.05. The Morgan fingerprint density at radius 3 is 1.78 bits per heavy atom. The quantitative estimate of drug-likeness (QED) is 0.574. The van der Waals surface area contributed by atoms with Crippen LogP contribution in [0.15, 0.2) is 0 Å². The van der Waals surface area contributed by atoms with E-state index in [1.54, 1.807) is 0 Å². The molecule has 0 amide bonds. The second-order valence-electron chi connectivity index (χ2n) is 2.77. The van der Waals surface area contributed by atoms with E-state index in [0.29, 0.717) is 0 Å². The molecule has 0 aromatic carbocycles. The number of rotatable bonds is 2. The van der Waals surface area contributed by atoms with Gasteiger partial charge in [0.05, 0.1) is 0 Å². The molecule has 1 heteroatoms. The Labute approximate surface area is 62.4 Å². The molecule has 1 fully saturated rings. The average molecular weight is 144 g/mol. The maximum atomic E-state index is 2.30. The molecule has 1 heterocycles. The molecular weight excluding hydrogens is 128 g/mol. The van der Waals surface area contributed by atoms with Gasteiger partial charge in [-0.25, -0.2) is 0 Å². The van der Waals surface area contributed by atoms with Gasteiger partial charge < -0.3 is 0 Å². The van der Waals surface area contributed by atoms with Crippen molar-refractivity contribution in [1.29, 1.82) is 0 Å². The maximum Gasteiger partial charge on any atom is 0.00476 e. The molecule has 0 radical (unpaired) electrons. The van der Waals surface area contributed by atoms with Crippen LogP contribution < -0.4 is 0 Å². The highest BCUT2D eigenvalue weighted by Gasteiger charge is 2.21. The summed E-state index contributed by atoms with van der Waals surface area (Å²) in [6.07, 6.45) is 5.70. The summed E-state index contributed by atoms with van der Waals surface area (Å²) in [5, 5.41) is 1.99. The van der Waals surface area contributed by atoms with Gasteiger partial charge in [0.25, 0.3) is 0 Å². The van der Waals surface area contributed by atoms with Gasteiger partial charge in [-0.05, 0) is 25.7 Å². The van der Waals surface area contributed by atoms with Crippen molar-refractivity contribution in [3.8, 4) is 0 Å². The largest absolute Gasteiger partial charge is 0.155 e. The summed E-state index contributed by atoms with van der Waals surface area (Å²) >= 11 is 2.21. The molecule has 0 bridgehead atoms. The SMILES string of the molecule is CC[C@H]1CC[C@H](CC)S1. The summed E-state index contributed by atoms with van der Waals surface area (Å²) in [5.41, 5.74) is 0. The summed E-state index contributed by atoms with van der Waals surface area (Å²) in [5.74, 6) is 0. The van der Waals surface area contributed by atoms with Gasteiger partial charge in [0.2, 0.25) is 0 Å². The molecule has 1 rings (SSSR count). The summed E-state index contributed by atoms with van der Waals surface area (Å²) in [4.78, 5) is 0. The van der Waals surface area contributed by atoms with Crippen molar-refractivity contribution in [3.63, 3.8) is 0 Å². The summed E-state index contributed by atoms with van der Waals surface area (Å²) < 4.78 is 0. The van der Waals surface area contributed by atoms with Gasteiger partial charge in [-0.1, -0.05) is 13.8 Å². The predicted molar refractivity (Wildman–Crippen MR) is 45.0 cm³/mol. The molecule has 2 atom stereocenters. The summed E-state index contributed by atoms with van der Waals surface area (Å²) in [6.45, 7) is 4.60. The van der Waals surface area contributed by atoms with Crippen molar-refractivity contribution in [2.24, 2.45) is 0 Å². The van der Waals surface area contributed by atoms with Gasteiger partial charge in [0.1, 0.15) is 0 Å². The van der Waals surface area contributed by atoms with E-state index in [-0.39, 0.29) is 0 Å². The third-order valence-electron chi connectivity index (χ3n) is 2.11. The fourth-order valence-corrected chi connectivity index (χ4v) is 2.85. The fraction of sp³-hybridized carbons (Fsp3) is 1.00. The van der Waals surface area contributed by atoms with Crippen LogP contribution in [0.5, 0.6) is 0 Å². The van der Waals surface area contributed by atoms with Crippen LogP contribution >= 0.6 is 11.8 Å². The lowest BCUT2D eigenvalue weighted by Crippen LogP contribution is -1.93. The van der Waals surface area contributed by atoms with E-state index < -0.39 is 0 Å². The highest BCUT2D eigenvalue weighted by Crippen LogP contribution is 2.36. The van der Waals surface area contributed by atoms with Gasteiger partial charge in [-0.15, -0.1) is 0 Å². The first-order chi connectivity index (χ1) is 4.36. The zero-order valence-electron chi connectivity index (χ0n) is 6.39. The Morgan fingerprint density at radius 2 is 1.56 bits per heavy atom. The number of hydrogen-bond acceptors (Lipinski definition) is 1. The maximum absolute atomic E-state index is 2.30. The van der Waals surface area contributed by atoms with Crippen molar-refractivity contribution >= 4 is 11.8 Å². The standard InChI is InChI=1S/C8H16S/c1-3-7-5-6-8(4-2)9-7/h7-8H,3-6H2,1-2H3/t7-,8-/m0/s1. The zero-order chi connectivity index (χ0) is 6.69. The van der Waals surface area contributed by atoms with E-state index in [0.717, 1.165) is 10.5 Å². The summed E-state index contributed by atoms with van der Waals surface area (Å²) in [6, 6.07) is 0. The van der Waals surface area contributed by atoms with Crippen LogP contribution in [0, 0.1) is 0 Å². The minimum Gasteiger partial charge on any atom is -0.155 e. The molecule has 0 N–H and O–H groups in total. The van der Waals surface area contributed by atoms with Crippen molar-refractivity contribution in [2.75, 3.05) is 0 Å². The van der Waals surface area contributed by atoms with Gasteiger partial charge in [-0.2, -0.15) is 11.8 Å². The van der Waals surface area contributed by atoms with Crippen molar-refractivity contribution in [3.05, 3.63) is 0 Å². The van der Waals surface area contributed by atoms with Crippen molar-refractivity contribution in [1.82, 2.24) is 0 Å². The highest BCUT2D eigenvalue weighted by molar-refractivity contribution is 8.00. The van der Waals surface area contributed by atoms with E-state index in [4.69, 9.17) is 0 Å². The van der Waals surface area contributed by atoms with Gasteiger partial charge in [0, 0.05) is 10.5 Å². The molecule has 0 spiro atoms. The topological polar surface area (TPSA) is 0 Å². The number of hydrogen-bond donors (Lipinski definition) is 0. The van der Waals surface area contributed by atoms with E-state index in [1.165, 1.54) is 25.7 Å². The van der Waals surface area contributed by atoms with Crippen LogP contribution in [0.4, 0.5) is 0 Å². The first kappa shape index (κ1) is 7.46. The highest BCUT2D eigenvalue weighted by atomic mass is 32.2. The van der Waals surface area contributed by atoms with Gasteiger partial charge in [-0.3, -0.25) is 0 Å². The first-order valence-corrected chi connectivity index (χ1v) is 4.96. The van der Waals surface area contributed by atoms with Crippen molar-refractivity contribution in [2.45, 2.75) is 50.0 Å². The Kier molecular flexibility index (Phi) is 2.90. The van der Waals surface area contributed by atoms with Gasteiger partial charge >= 0.3 is 0 Å². The molecule has 0 unspecified atom stereocenters. The Hall–Kier alpha value is 0.350. The molecule has 0 nitrogen and oxygen atoms in total. The minimum atomic E-state index is 0.995. The molecule has 0 aliphatic carbocycles. The molecule has 9 heavy (non-hydrogen) atoms. The Balaban J connectivity index is 2.20. The van der Waals surface area contributed by atoms with Crippen LogP contribution in [0.2, 0.25) is 0 Å². The van der Waals surface area contributed by atoms with E-state index >= 15 is 0 Å². The van der Waals surface area contributed by atoms with Crippen LogP contribution in [0.1, 0.15) is 39.5 Å². The molecular formula is C8H16S. The van der Waals surface area contributed by atoms with E-state index in [1.807, 2.05) is 0 Å². The zero-order valence-corrected chi connectivity index (χ0v) is 7.21. The van der Waals surface area contributed by atoms with Crippen LogP contribution in [-0.2, 0) is 0 Å². The molecule has 1 aliphatic rings. The molecule has 0 saturated carbocycles. The van der Waals surface area contributed by atoms with Crippen LogP contribution in [0.25, 0.3) is 0 Å². The monoisotopic (exact) mass is 144 g/mol. The number of thioether (sulfide) groups is 1. The average Bonchev–Trinajstić information content (AvgIpc) is 2.34. The summed E-state index contributed by atoms with van der Waals surface area (Å²) in [7, 11) is 0. The first-order valence-electron chi connectivity index (χ1n) is 4.02. The predicted octanol–water partition coefficient (Wildman–Crippen LogP) is 3.07. The third-order valence-corrected chi connectivity index (χ3v) is 4.01. The molecule has 0 aromatic heterocycles. The van der Waals surface area contributed by atoms with Crippen molar-refractivity contribution < 1.29 is 0 Å². The Bertz CT molecular complexity index is 70.6. The van der Waals surface area contributed by atoms with Crippen LogP contribution in [0.3, 0.4) is 0 Å². The normalized spacial score (nSPS) is 35.3. The smallest absolute Gasteiger partial charge is 0.00476 e. The van der Waals surface area contributed by atoms with E-state index in [2.05, 4.69) is 25.6 Å². The Morgan fingerprint density at radius 1 is 1.11 bits per heavy atom. The lowest BCUT2D eigenvalue weighted by atomic mass is 10.1. The van der Waals surface area contributed by atoms with Crippen LogP contribution in [-0.4, -0.2) is 10.5 Å². The molecule has 1 aliphatic heterocycles. The fourth-order valence-electron chi connectivity index (χ4n) is 1.38.